The van der Waals surface area contributed by atoms with Crippen LogP contribution in [0.1, 0.15) is 17.2 Å². The Labute approximate surface area is 90.0 Å². The molecule has 1 rings (SSSR count). The zero-order valence-electron chi connectivity index (χ0n) is 7.96. The van der Waals surface area contributed by atoms with Crippen molar-refractivity contribution in [2.24, 2.45) is 0 Å². The van der Waals surface area contributed by atoms with Gasteiger partial charge in [0.15, 0.2) is 6.10 Å². The first-order valence-electron chi connectivity index (χ1n) is 4.26. The molecule has 16 heavy (non-hydrogen) atoms. The van der Waals surface area contributed by atoms with E-state index >= 15 is 0 Å². The number of hydrogen-bond acceptors (Lipinski definition) is 4. The third kappa shape index (κ3) is 2.34. The number of nitriles is 1. The molecule has 0 aliphatic carbocycles. The fraction of sp³-hybridized carbons (Fsp3) is 0.200. The molecule has 0 aliphatic rings. The van der Waals surface area contributed by atoms with E-state index in [1.807, 2.05) is 0 Å². The number of halogens is 1. The first kappa shape index (κ1) is 12.1. The summed E-state index contributed by atoms with van der Waals surface area (Å²) in [5.74, 6) is -2.49. The summed E-state index contributed by atoms with van der Waals surface area (Å²) in [6.07, 6.45) is -3.77. The number of benzene rings is 1. The molecule has 0 heterocycles. The summed E-state index contributed by atoms with van der Waals surface area (Å²) in [5.41, 5.74) is -0.327. The minimum Gasteiger partial charge on any atom is -0.479 e. The van der Waals surface area contributed by atoms with Crippen molar-refractivity contribution in [1.29, 1.82) is 5.26 Å². The number of aliphatic hydroxyl groups excluding tert-OH is 2. The maximum absolute atomic E-state index is 13.1. The van der Waals surface area contributed by atoms with E-state index < -0.39 is 24.0 Å². The maximum atomic E-state index is 13.1. The van der Waals surface area contributed by atoms with Gasteiger partial charge in [-0.25, -0.2) is 9.18 Å². The van der Waals surface area contributed by atoms with Crippen molar-refractivity contribution in [3.05, 3.63) is 35.1 Å². The molecule has 6 heteroatoms. The second-order valence-electron chi connectivity index (χ2n) is 3.08. The summed E-state index contributed by atoms with van der Waals surface area (Å²) in [7, 11) is 0. The highest BCUT2D eigenvalue weighted by Gasteiger charge is 2.25. The Morgan fingerprint density at radius 3 is 2.50 bits per heavy atom. The van der Waals surface area contributed by atoms with Crippen LogP contribution in [0, 0.1) is 17.1 Å². The zero-order chi connectivity index (χ0) is 12.3. The minimum atomic E-state index is -2.03. The SMILES string of the molecule is N#Cc1ccc(C(O)C(O)C(=O)O)cc1F. The standard InChI is InChI=1S/C10H8FNO4/c11-7-3-5(1-2-6(7)4-12)8(13)9(14)10(15)16/h1-3,8-9,13-14H,(H,15,16). The molecule has 1 aromatic carbocycles. The monoisotopic (exact) mass is 225 g/mol. The van der Waals surface area contributed by atoms with Crippen molar-refractivity contribution in [3.63, 3.8) is 0 Å². The largest absolute Gasteiger partial charge is 0.479 e. The molecule has 0 saturated heterocycles. The molecule has 2 unspecified atom stereocenters. The van der Waals surface area contributed by atoms with Crippen LogP contribution in [0.25, 0.3) is 0 Å². The molecule has 0 fully saturated rings. The minimum absolute atomic E-state index is 0.105. The van der Waals surface area contributed by atoms with Crippen LogP contribution in [-0.2, 0) is 4.79 Å². The Bertz CT molecular complexity index is 455. The van der Waals surface area contributed by atoms with Crippen molar-refractivity contribution in [2.75, 3.05) is 0 Å². The Morgan fingerprint density at radius 2 is 2.06 bits per heavy atom. The lowest BCUT2D eigenvalue weighted by molar-refractivity contribution is -0.153. The van der Waals surface area contributed by atoms with Gasteiger partial charge in [0.2, 0.25) is 0 Å². The summed E-state index contributed by atoms with van der Waals surface area (Å²) in [6, 6.07) is 4.67. The topological polar surface area (TPSA) is 102 Å². The first-order valence-corrected chi connectivity index (χ1v) is 4.26. The highest BCUT2D eigenvalue weighted by atomic mass is 19.1. The predicted molar refractivity (Wildman–Crippen MR) is 49.7 cm³/mol. The second kappa shape index (κ2) is 4.70. The molecule has 0 amide bonds. The molecule has 2 atom stereocenters. The van der Waals surface area contributed by atoms with Gasteiger partial charge in [0.1, 0.15) is 18.0 Å². The van der Waals surface area contributed by atoms with Gasteiger partial charge in [-0.15, -0.1) is 0 Å². The fourth-order valence-corrected chi connectivity index (χ4v) is 1.12. The van der Waals surface area contributed by atoms with Gasteiger partial charge >= 0.3 is 5.97 Å². The highest BCUT2D eigenvalue weighted by Crippen LogP contribution is 2.19. The third-order valence-corrected chi connectivity index (χ3v) is 2.01. The van der Waals surface area contributed by atoms with Crippen molar-refractivity contribution in [3.8, 4) is 6.07 Å². The van der Waals surface area contributed by atoms with Gasteiger partial charge in [-0.1, -0.05) is 6.07 Å². The van der Waals surface area contributed by atoms with Gasteiger partial charge < -0.3 is 15.3 Å². The van der Waals surface area contributed by atoms with Crippen LogP contribution in [0.15, 0.2) is 18.2 Å². The number of carboxylic acids is 1. The Hall–Kier alpha value is -1.97. The van der Waals surface area contributed by atoms with Crippen LogP contribution in [0.2, 0.25) is 0 Å². The molecule has 0 aliphatic heterocycles. The lowest BCUT2D eigenvalue weighted by Gasteiger charge is -2.14. The van der Waals surface area contributed by atoms with E-state index in [1.54, 1.807) is 6.07 Å². The van der Waals surface area contributed by atoms with Gasteiger partial charge in [-0.05, 0) is 17.7 Å². The van der Waals surface area contributed by atoms with Crippen molar-refractivity contribution in [2.45, 2.75) is 12.2 Å². The van der Waals surface area contributed by atoms with Gasteiger partial charge in [0.25, 0.3) is 0 Å². The van der Waals surface area contributed by atoms with Crippen LogP contribution in [0.3, 0.4) is 0 Å². The van der Waals surface area contributed by atoms with Crippen LogP contribution in [0.5, 0.6) is 0 Å². The molecule has 5 nitrogen and oxygen atoms in total. The predicted octanol–water partition coefficient (Wildman–Crippen LogP) is 0.176. The van der Waals surface area contributed by atoms with E-state index in [2.05, 4.69) is 0 Å². The van der Waals surface area contributed by atoms with E-state index in [4.69, 9.17) is 15.5 Å². The summed E-state index contributed by atoms with van der Waals surface area (Å²) in [4.78, 5) is 10.4. The number of carboxylic acid groups (broad SMARTS) is 1. The number of carbonyl (C=O) groups is 1. The van der Waals surface area contributed by atoms with Crippen LogP contribution >= 0.6 is 0 Å². The molecule has 84 valence electrons. The number of aliphatic hydroxyl groups is 2. The summed E-state index contributed by atoms with van der Waals surface area (Å²) >= 11 is 0. The van der Waals surface area contributed by atoms with Gasteiger partial charge in [0, 0.05) is 0 Å². The van der Waals surface area contributed by atoms with E-state index in [-0.39, 0.29) is 11.1 Å². The molecule has 0 saturated carbocycles. The normalized spacial score (nSPS) is 13.9. The number of rotatable bonds is 3. The molecule has 3 N–H and O–H groups in total. The zero-order valence-corrected chi connectivity index (χ0v) is 7.96. The van der Waals surface area contributed by atoms with E-state index in [9.17, 15) is 14.3 Å². The molecule has 1 aromatic rings. The number of hydrogen-bond donors (Lipinski definition) is 3. The molecule has 0 bridgehead atoms. The van der Waals surface area contributed by atoms with E-state index in [1.165, 1.54) is 6.07 Å². The van der Waals surface area contributed by atoms with Gasteiger partial charge in [0.05, 0.1) is 5.56 Å². The Balaban J connectivity index is 3.02. The van der Waals surface area contributed by atoms with Crippen LogP contribution < -0.4 is 0 Å². The van der Waals surface area contributed by atoms with E-state index in [0.29, 0.717) is 0 Å². The lowest BCUT2D eigenvalue weighted by Crippen LogP contribution is -2.27. The molecular weight excluding hydrogens is 217 g/mol. The third-order valence-electron chi connectivity index (χ3n) is 2.01. The Morgan fingerprint density at radius 1 is 1.44 bits per heavy atom. The van der Waals surface area contributed by atoms with Gasteiger partial charge in [-0.2, -0.15) is 5.26 Å². The van der Waals surface area contributed by atoms with Gasteiger partial charge in [-0.3, -0.25) is 0 Å². The molecular formula is C10H8FNO4. The summed E-state index contributed by atoms with van der Waals surface area (Å²) < 4.78 is 13.1. The first-order chi connectivity index (χ1) is 7.47. The van der Waals surface area contributed by atoms with Crippen molar-refractivity contribution in [1.82, 2.24) is 0 Å². The highest BCUT2D eigenvalue weighted by molar-refractivity contribution is 5.73. The van der Waals surface area contributed by atoms with Crippen LogP contribution in [0.4, 0.5) is 4.39 Å². The van der Waals surface area contributed by atoms with Crippen molar-refractivity contribution >= 4 is 5.97 Å². The molecule has 0 spiro atoms. The summed E-state index contributed by atoms with van der Waals surface area (Å²) in [5, 5.41) is 35.3. The maximum Gasteiger partial charge on any atom is 0.335 e. The quantitative estimate of drug-likeness (QED) is 0.680. The fourth-order valence-electron chi connectivity index (χ4n) is 1.12. The van der Waals surface area contributed by atoms with Crippen LogP contribution in [-0.4, -0.2) is 27.4 Å². The smallest absolute Gasteiger partial charge is 0.335 e. The van der Waals surface area contributed by atoms with E-state index in [0.717, 1.165) is 12.1 Å². The molecule has 0 radical (unpaired) electrons. The average molecular weight is 225 g/mol. The Kier molecular flexibility index (Phi) is 3.55. The van der Waals surface area contributed by atoms with Crippen molar-refractivity contribution < 1.29 is 24.5 Å². The molecule has 0 aromatic heterocycles. The average Bonchev–Trinajstić information content (AvgIpc) is 2.26. The number of nitrogens with zero attached hydrogens (tertiary/aromatic N) is 1. The lowest BCUT2D eigenvalue weighted by atomic mass is 10.0. The number of aliphatic carboxylic acids is 1. The summed E-state index contributed by atoms with van der Waals surface area (Å²) in [6.45, 7) is 0. The second-order valence-corrected chi connectivity index (χ2v) is 3.08.